The van der Waals surface area contributed by atoms with Crippen molar-refractivity contribution >= 4 is 21.2 Å². The lowest BCUT2D eigenvalue weighted by Crippen LogP contribution is -2.19. The van der Waals surface area contributed by atoms with Crippen molar-refractivity contribution in [1.29, 1.82) is 0 Å². The third kappa shape index (κ3) is 2.92. The summed E-state index contributed by atoms with van der Waals surface area (Å²) in [5.74, 6) is 2.47. The van der Waals surface area contributed by atoms with Gasteiger partial charge in [0.1, 0.15) is 0 Å². The van der Waals surface area contributed by atoms with Gasteiger partial charge in [0.2, 0.25) is 0 Å². The van der Waals surface area contributed by atoms with Gasteiger partial charge in [-0.3, -0.25) is 0 Å². The van der Waals surface area contributed by atoms with E-state index in [4.69, 9.17) is 5.73 Å². The number of sulfone groups is 1. The van der Waals surface area contributed by atoms with E-state index < -0.39 is 9.84 Å². The van der Waals surface area contributed by atoms with Gasteiger partial charge in [-0.25, -0.2) is 8.42 Å². The van der Waals surface area contributed by atoms with Crippen LogP contribution < -0.4 is 11.1 Å². The first-order valence-electron chi connectivity index (χ1n) is 7.29. The predicted molar refractivity (Wildman–Crippen MR) is 81.4 cm³/mol. The number of hydrogen-bond donors (Lipinski definition) is 2. The summed E-state index contributed by atoms with van der Waals surface area (Å²) in [6, 6.07) is 5.17. The van der Waals surface area contributed by atoms with Gasteiger partial charge in [0, 0.05) is 12.8 Å². The molecule has 0 bridgehead atoms. The molecule has 3 N–H and O–H groups in total. The minimum absolute atomic E-state index is 0.219. The zero-order valence-electron chi connectivity index (χ0n) is 11.8. The summed E-state index contributed by atoms with van der Waals surface area (Å²) < 4.78 is 23.3. The normalized spacial score (nSPS) is 19.3. The maximum Gasteiger partial charge on any atom is 0.177 e. The van der Waals surface area contributed by atoms with Crippen LogP contribution in [0.1, 0.15) is 25.7 Å². The van der Waals surface area contributed by atoms with Crippen molar-refractivity contribution in [2.24, 2.45) is 17.8 Å². The lowest BCUT2D eigenvalue weighted by Gasteiger charge is -2.18. The van der Waals surface area contributed by atoms with Crippen molar-refractivity contribution in [2.45, 2.75) is 30.6 Å². The number of rotatable bonds is 6. The Kier molecular flexibility index (Phi) is 3.40. The molecule has 1 aromatic rings. The van der Waals surface area contributed by atoms with Crippen molar-refractivity contribution in [2.75, 3.05) is 23.9 Å². The first-order valence-corrected chi connectivity index (χ1v) is 9.18. The predicted octanol–water partition coefficient (Wildman–Crippen LogP) is 2.52. The Balaban J connectivity index is 1.74. The van der Waals surface area contributed by atoms with E-state index in [1.54, 1.807) is 12.1 Å². The Bertz CT molecular complexity index is 592. The number of nitrogens with one attached hydrogen (secondary N) is 1. The van der Waals surface area contributed by atoms with Gasteiger partial charge in [-0.1, -0.05) is 6.07 Å². The molecule has 3 rings (SSSR count). The Morgan fingerprint density at radius 3 is 2.35 bits per heavy atom. The van der Waals surface area contributed by atoms with Gasteiger partial charge in [0.15, 0.2) is 9.84 Å². The topological polar surface area (TPSA) is 72.2 Å². The van der Waals surface area contributed by atoms with Crippen LogP contribution in [-0.4, -0.2) is 21.2 Å². The van der Waals surface area contributed by atoms with Crippen LogP contribution in [0.4, 0.5) is 11.4 Å². The van der Waals surface area contributed by atoms with Crippen molar-refractivity contribution in [1.82, 2.24) is 0 Å². The zero-order chi connectivity index (χ0) is 14.3. The molecule has 0 aliphatic heterocycles. The molecule has 1 aromatic carbocycles. The lowest BCUT2D eigenvalue weighted by atomic mass is 9.98. The van der Waals surface area contributed by atoms with Crippen molar-refractivity contribution in [3.8, 4) is 0 Å². The van der Waals surface area contributed by atoms with E-state index in [0.29, 0.717) is 5.69 Å². The fraction of sp³-hybridized carbons (Fsp3) is 0.600. The number of para-hydroxylation sites is 1. The minimum Gasteiger partial charge on any atom is -0.396 e. The van der Waals surface area contributed by atoms with Crippen LogP contribution in [-0.2, 0) is 9.84 Å². The lowest BCUT2D eigenvalue weighted by molar-refractivity contribution is 0.428. The Hall–Kier alpha value is -1.23. The minimum atomic E-state index is -3.27. The van der Waals surface area contributed by atoms with Crippen molar-refractivity contribution in [3.05, 3.63) is 18.2 Å². The third-order valence-electron chi connectivity index (χ3n) is 4.45. The summed E-state index contributed by atoms with van der Waals surface area (Å²) >= 11 is 0. The molecular formula is C15H22N2O2S. The third-order valence-corrected chi connectivity index (χ3v) is 5.60. The maximum absolute atomic E-state index is 11.7. The molecule has 2 saturated carbocycles. The molecule has 2 aliphatic rings. The van der Waals surface area contributed by atoms with Crippen LogP contribution in [0, 0.1) is 17.8 Å². The quantitative estimate of drug-likeness (QED) is 0.791. The SMILES string of the molecule is CS(=O)(=O)c1cccc(NCC(C2CC2)C2CC2)c1N. The first kappa shape index (κ1) is 13.7. The van der Waals surface area contributed by atoms with E-state index in [-0.39, 0.29) is 4.90 Å². The molecule has 0 atom stereocenters. The maximum atomic E-state index is 11.7. The molecule has 110 valence electrons. The van der Waals surface area contributed by atoms with Gasteiger partial charge in [-0.15, -0.1) is 0 Å². The number of nitrogens with two attached hydrogens (primary N) is 1. The molecule has 5 heteroatoms. The molecule has 2 aliphatic carbocycles. The molecule has 0 radical (unpaired) electrons. The van der Waals surface area contributed by atoms with Crippen LogP contribution >= 0.6 is 0 Å². The molecule has 0 aromatic heterocycles. The molecule has 2 fully saturated rings. The van der Waals surface area contributed by atoms with Gasteiger partial charge >= 0.3 is 0 Å². The molecule has 0 unspecified atom stereocenters. The number of anilines is 2. The van der Waals surface area contributed by atoms with E-state index in [1.807, 2.05) is 6.07 Å². The Morgan fingerprint density at radius 1 is 1.25 bits per heavy atom. The molecule has 0 saturated heterocycles. The summed E-state index contributed by atoms with van der Waals surface area (Å²) in [4.78, 5) is 0.219. The number of benzene rings is 1. The van der Waals surface area contributed by atoms with Crippen LogP contribution in [0.2, 0.25) is 0 Å². The number of nitrogen functional groups attached to an aromatic ring is 1. The second-order valence-corrected chi connectivity index (χ2v) is 8.19. The molecule has 4 nitrogen and oxygen atoms in total. The highest BCUT2D eigenvalue weighted by Gasteiger charge is 2.41. The average Bonchev–Trinajstić information content (AvgIpc) is 3.24. The van der Waals surface area contributed by atoms with E-state index >= 15 is 0 Å². The summed E-state index contributed by atoms with van der Waals surface area (Å²) in [7, 11) is -3.27. The van der Waals surface area contributed by atoms with E-state index in [2.05, 4.69) is 5.32 Å². The van der Waals surface area contributed by atoms with Crippen LogP contribution in [0.5, 0.6) is 0 Å². The highest BCUT2D eigenvalue weighted by molar-refractivity contribution is 7.90. The average molecular weight is 294 g/mol. The summed E-state index contributed by atoms with van der Waals surface area (Å²) in [5, 5.41) is 3.38. The van der Waals surface area contributed by atoms with E-state index in [1.165, 1.54) is 31.9 Å². The second-order valence-electron chi connectivity index (χ2n) is 6.21. The van der Waals surface area contributed by atoms with Crippen LogP contribution in [0.25, 0.3) is 0 Å². The van der Waals surface area contributed by atoms with E-state index in [9.17, 15) is 8.42 Å². The van der Waals surface area contributed by atoms with E-state index in [0.717, 1.165) is 30.0 Å². The highest BCUT2D eigenvalue weighted by atomic mass is 32.2. The monoisotopic (exact) mass is 294 g/mol. The summed E-state index contributed by atoms with van der Waals surface area (Å²) in [5.41, 5.74) is 7.09. The molecule has 0 spiro atoms. The molecule has 0 heterocycles. The van der Waals surface area contributed by atoms with Gasteiger partial charge in [0.05, 0.1) is 16.3 Å². The molecule has 20 heavy (non-hydrogen) atoms. The van der Waals surface area contributed by atoms with Gasteiger partial charge in [0.25, 0.3) is 0 Å². The number of hydrogen-bond acceptors (Lipinski definition) is 4. The first-order chi connectivity index (χ1) is 9.47. The smallest absolute Gasteiger partial charge is 0.177 e. The Labute approximate surface area is 120 Å². The molecule has 0 amide bonds. The zero-order valence-corrected chi connectivity index (χ0v) is 12.6. The largest absolute Gasteiger partial charge is 0.396 e. The van der Waals surface area contributed by atoms with Gasteiger partial charge in [-0.05, 0) is 55.6 Å². The standard InChI is InChI=1S/C15H22N2O2S/c1-20(18,19)14-4-2-3-13(15(14)16)17-9-12(10-5-6-10)11-7-8-11/h2-4,10-12,17H,5-9,16H2,1H3. The summed E-state index contributed by atoms with van der Waals surface area (Å²) in [6.07, 6.45) is 6.59. The fourth-order valence-electron chi connectivity index (χ4n) is 3.02. The van der Waals surface area contributed by atoms with Gasteiger partial charge in [-0.2, -0.15) is 0 Å². The van der Waals surface area contributed by atoms with Crippen molar-refractivity contribution in [3.63, 3.8) is 0 Å². The summed E-state index contributed by atoms with van der Waals surface area (Å²) in [6.45, 7) is 0.909. The van der Waals surface area contributed by atoms with Crippen LogP contribution in [0.3, 0.4) is 0 Å². The van der Waals surface area contributed by atoms with Crippen LogP contribution in [0.15, 0.2) is 23.1 Å². The fourth-order valence-corrected chi connectivity index (χ4v) is 3.85. The van der Waals surface area contributed by atoms with Crippen molar-refractivity contribution < 1.29 is 8.42 Å². The highest BCUT2D eigenvalue weighted by Crippen LogP contribution is 2.49. The van der Waals surface area contributed by atoms with Gasteiger partial charge < -0.3 is 11.1 Å². The molecular weight excluding hydrogens is 272 g/mol. The Morgan fingerprint density at radius 2 is 1.85 bits per heavy atom. The second kappa shape index (κ2) is 4.95.